The molecule has 0 aliphatic heterocycles. The fraction of sp³-hybridized carbons (Fsp3) is 0. The van der Waals surface area contributed by atoms with E-state index in [1.165, 1.54) is 25.3 Å². The highest BCUT2D eigenvalue weighted by Crippen LogP contribution is 2.24. The van der Waals surface area contributed by atoms with Crippen LogP contribution in [0.5, 0.6) is 0 Å². The summed E-state index contributed by atoms with van der Waals surface area (Å²) < 4.78 is 1.29. The van der Waals surface area contributed by atoms with Gasteiger partial charge in [-0.1, -0.05) is 36.4 Å². The molecule has 0 spiro atoms. The van der Waals surface area contributed by atoms with E-state index >= 15 is 0 Å². The van der Waals surface area contributed by atoms with Crippen LogP contribution in [0.1, 0.15) is 0 Å². The highest BCUT2D eigenvalue weighted by molar-refractivity contribution is 14.1. The van der Waals surface area contributed by atoms with E-state index in [4.69, 9.17) is 0 Å². The summed E-state index contributed by atoms with van der Waals surface area (Å²) in [5, 5.41) is 2.45. The van der Waals surface area contributed by atoms with E-state index in [2.05, 4.69) is 83.5 Å². The van der Waals surface area contributed by atoms with Gasteiger partial charge in [-0.05, 0) is 50.4 Å². The Kier molecular flexibility index (Phi) is 3.77. The Hall–Kier alpha value is 0.0300. The molecule has 0 aliphatic carbocycles. The monoisotopic (exact) mass is 344 g/mol. The summed E-state index contributed by atoms with van der Waals surface area (Å²) in [6, 6.07) is 15.0. The van der Waals surface area contributed by atoms with Crippen molar-refractivity contribution < 1.29 is 0 Å². The van der Waals surface area contributed by atoms with Crippen molar-refractivity contribution in [2.45, 2.75) is 0 Å². The Balaban J connectivity index is 2.49. The molecule has 0 fully saturated rings. The van der Waals surface area contributed by atoms with Gasteiger partial charge in [0.25, 0.3) is 0 Å². The summed E-state index contributed by atoms with van der Waals surface area (Å²) >= 11 is 2.38. The minimum Gasteiger partial charge on any atom is -0.106 e. The molecule has 0 saturated carbocycles. The van der Waals surface area contributed by atoms with Gasteiger partial charge >= 0.3 is 0 Å². The van der Waals surface area contributed by atoms with Crippen LogP contribution >= 0.6 is 41.1 Å². The molecule has 2 unspecified atom stereocenters. The zero-order chi connectivity index (χ0) is 10.8. The van der Waals surface area contributed by atoms with Crippen LogP contribution in [-0.2, 0) is 0 Å². The zero-order valence-corrected chi connectivity index (χ0v) is 12.5. The van der Waals surface area contributed by atoms with Crippen molar-refractivity contribution in [2.75, 3.05) is 0 Å². The lowest BCUT2D eigenvalue weighted by molar-refractivity contribution is 1.62. The molecule has 0 amide bonds. The summed E-state index contributed by atoms with van der Waals surface area (Å²) in [7, 11) is 5.43. The van der Waals surface area contributed by atoms with Gasteiger partial charge in [0.1, 0.15) is 0 Å². The fourth-order valence-corrected chi connectivity index (χ4v) is 3.07. The molecule has 3 heteroatoms. The smallest absolute Gasteiger partial charge is 0.0214 e. The molecule has 2 atom stereocenters. The van der Waals surface area contributed by atoms with E-state index in [0.717, 1.165) is 0 Å². The van der Waals surface area contributed by atoms with Crippen LogP contribution in [-0.4, -0.2) is 0 Å². The summed E-state index contributed by atoms with van der Waals surface area (Å²) in [5.74, 6) is 0. The van der Waals surface area contributed by atoms with E-state index < -0.39 is 0 Å². The number of rotatable bonds is 1. The molecule has 0 radical (unpaired) electrons. The molecule has 2 aromatic carbocycles. The third-order valence-corrected chi connectivity index (χ3v) is 3.85. The minimum atomic E-state index is 1.22. The average Bonchev–Trinajstić information content (AvgIpc) is 2.20. The summed E-state index contributed by atoms with van der Waals surface area (Å²) in [6.45, 7) is 0. The number of hydrogen-bond acceptors (Lipinski definition) is 0. The quantitative estimate of drug-likeness (QED) is 0.551. The standard InChI is InChI=1S/C12H11IP2/c13-12-7-10(15)5-6-11(12)8-1-3-9(14)4-2-8/h1-7H,14-15H2. The predicted octanol–water partition coefficient (Wildman–Crippen LogP) is 2.96. The summed E-state index contributed by atoms with van der Waals surface area (Å²) in [5.41, 5.74) is 2.57. The van der Waals surface area contributed by atoms with Crippen molar-refractivity contribution in [2.24, 2.45) is 0 Å². The van der Waals surface area contributed by atoms with Gasteiger partial charge in [-0.15, -0.1) is 18.5 Å². The van der Waals surface area contributed by atoms with Crippen LogP contribution in [0.2, 0.25) is 0 Å². The molecule has 0 N–H and O–H groups in total. The number of hydrogen-bond donors (Lipinski definition) is 0. The summed E-state index contributed by atoms with van der Waals surface area (Å²) in [6.07, 6.45) is 0. The highest BCUT2D eigenvalue weighted by atomic mass is 127. The first-order valence-electron chi connectivity index (χ1n) is 4.58. The maximum atomic E-state index is 2.72. The molecule has 0 saturated heterocycles. The molecule has 0 aromatic heterocycles. The molecule has 0 nitrogen and oxygen atoms in total. The highest BCUT2D eigenvalue weighted by Gasteiger charge is 2.02. The van der Waals surface area contributed by atoms with Crippen molar-refractivity contribution in [3.05, 3.63) is 46.0 Å². The maximum absolute atomic E-state index is 2.72. The van der Waals surface area contributed by atoms with Crippen molar-refractivity contribution in [3.63, 3.8) is 0 Å². The summed E-state index contributed by atoms with van der Waals surface area (Å²) in [4.78, 5) is 0. The van der Waals surface area contributed by atoms with Crippen LogP contribution in [0.3, 0.4) is 0 Å². The van der Waals surface area contributed by atoms with Crippen molar-refractivity contribution >= 4 is 51.7 Å². The SMILES string of the molecule is Pc1ccc(-c2ccc(P)cc2I)cc1. The van der Waals surface area contributed by atoms with Crippen LogP contribution in [0.4, 0.5) is 0 Å². The normalized spacial score (nSPS) is 10.3. The largest absolute Gasteiger partial charge is 0.106 e. The van der Waals surface area contributed by atoms with Gasteiger partial charge in [0.2, 0.25) is 0 Å². The third-order valence-electron chi connectivity index (χ3n) is 2.21. The fourth-order valence-electron chi connectivity index (χ4n) is 1.43. The van der Waals surface area contributed by atoms with E-state index in [9.17, 15) is 0 Å². The van der Waals surface area contributed by atoms with Gasteiger partial charge < -0.3 is 0 Å². The Morgan fingerprint density at radius 1 is 0.800 bits per heavy atom. The molecule has 15 heavy (non-hydrogen) atoms. The second kappa shape index (κ2) is 4.91. The Morgan fingerprint density at radius 3 is 2.00 bits per heavy atom. The van der Waals surface area contributed by atoms with Crippen LogP contribution in [0.25, 0.3) is 11.1 Å². The Labute approximate surface area is 108 Å². The van der Waals surface area contributed by atoms with Gasteiger partial charge in [-0.3, -0.25) is 0 Å². The lowest BCUT2D eigenvalue weighted by Gasteiger charge is -2.06. The van der Waals surface area contributed by atoms with Crippen LogP contribution in [0, 0.1) is 3.57 Å². The second-order valence-corrected chi connectivity index (χ2v) is 5.86. The van der Waals surface area contributed by atoms with Gasteiger partial charge in [-0.25, -0.2) is 0 Å². The molecular formula is C12H11IP2. The molecular weight excluding hydrogens is 333 g/mol. The molecule has 76 valence electrons. The first-order chi connectivity index (χ1) is 7.16. The molecule has 2 rings (SSSR count). The lowest BCUT2D eigenvalue weighted by atomic mass is 10.1. The second-order valence-electron chi connectivity index (χ2n) is 3.36. The zero-order valence-electron chi connectivity index (χ0n) is 8.07. The first kappa shape index (κ1) is 11.5. The topological polar surface area (TPSA) is 0 Å². The van der Waals surface area contributed by atoms with Gasteiger partial charge in [0, 0.05) is 3.57 Å². The van der Waals surface area contributed by atoms with Gasteiger partial charge in [0.15, 0.2) is 0 Å². The molecule has 0 bridgehead atoms. The third kappa shape index (κ3) is 2.78. The van der Waals surface area contributed by atoms with Gasteiger partial charge in [0.05, 0.1) is 0 Å². The molecule has 0 heterocycles. The maximum Gasteiger partial charge on any atom is 0.0214 e. The first-order valence-corrected chi connectivity index (χ1v) is 6.81. The van der Waals surface area contributed by atoms with E-state index in [0.29, 0.717) is 0 Å². The van der Waals surface area contributed by atoms with Crippen LogP contribution in [0.15, 0.2) is 42.5 Å². The number of halogens is 1. The number of benzene rings is 2. The lowest BCUT2D eigenvalue weighted by Crippen LogP contribution is -1.94. The van der Waals surface area contributed by atoms with Crippen molar-refractivity contribution in [1.82, 2.24) is 0 Å². The molecule has 0 aliphatic rings. The Morgan fingerprint density at radius 2 is 1.40 bits per heavy atom. The van der Waals surface area contributed by atoms with E-state index in [1.807, 2.05) is 0 Å². The van der Waals surface area contributed by atoms with Gasteiger partial charge in [-0.2, -0.15) is 0 Å². The van der Waals surface area contributed by atoms with Crippen LogP contribution < -0.4 is 10.6 Å². The minimum absolute atomic E-state index is 1.22. The average molecular weight is 344 g/mol. The van der Waals surface area contributed by atoms with E-state index in [1.54, 1.807) is 0 Å². The molecule has 2 aromatic rings. The van der Waals surface area contributed by atoms with Crippen molar-refractivity contribution in [1.29, 1.82) is 0 Å². The predicted molar refractivity (Wildman–Crippen MR) is 83.3 cm³/mol. The van der Waals surface area contributed by atoms with Crippen molar-refractivity contribution in [3.8, 4) is 11.1 Å². The Bertz CT molecular complexity index is 477. The van der Waals surface area contributed by atoms with E-state index in [-0.39, 0.29) is 0 Å².